The fraction of sp³-hybridized carbons (Fsp3) is 0.280. The lowest BCUT2D eigenvalue weighted by molar-refractivity contribution is 0.0496. The molecule has 0 amide bonds. The molecule has 0 fully saturated rings. The van der Waals surface area contributed by atoms with E-state index in [1.807, 2.05) is 0 Å². The van der Waals surface area contributed by atoms with Gasteiger partial charge in [0.2, 0.25) is 0 Å². The van der Waals surface area contributed by atoms with Gasteiger partial charge in [-0.2, -0.15) is 0 Å². The van der Waals surface area contributed by atoms with E-state index in [1.165, 1.54) is 0 Å². The number of carbonyl (C=O) groups is 2. The summed E-state index contributed by atoms with van der Waals surface area (Å²) < 4.78 is 10.5. The van der Waals surface area contributed by atoms with Crippen LogP contribution in [0.1, 0.15) is 63.9 Å². The van der Waals surface area contributed by atoms with Crippen LogP contribution in [0.15, 0.2) is 48.5 Å². The van der Waals surface area contributed by atoms with E-state index in [1.54, 1.807) is 48.5 Å². The van der Waals surface area contributed by atoms with Crippen LogP contribution in [0.2, 0.25) is 0 Å². The Labute approximate surface area is 172 Å². The smallest absolute Gasteiger partial charge is 0.338 e. The number of rotatable bonds is 10. The maximum absolute atomic E-state index is 11.9. The molecule has 29 heavy (non-hydrogen) atoms. The van der Waals surface area contributed by atoms with Crippen molar-refractivity contribution >= 4 is 11.9 Å². The first kappa shape index (κ1) is 21.8. The molecule has 2 aromatic carbocycles. The van der Waals surface area contributed by atoms with Crippen LogP contribution in [0.25, 0.3) is 0 Å². The zero-order valence-corrected chi connectivity index (χ0v) is 16.4. The predicted molar refractivity (Wildman–Crippen MR) is 112 cm³/mol. The topological polar surface area (TPSA) is 52.6 Å². The number of hydrogen-bond donors (Lipinski definition) is 0. The molecule has 0 aliphatic carbocycles. The van der Waals surface area contributed by atoms with E-state index in [2.05, 4.69) is 11.8 Å². The van der Waals surface area contributed by atoms with E-state index in [0.29, 0.717) is 24.3 Å². The molecule has 0 saturated heterocycles. The monoisotopic (exact) mass is 388 g/mol. The van der Waals surface area contributed by atoms with E-state index in [9.17, 15) is 9.59 Å². The van der Waals surface area contributed by atoms with Gasteiger partial charge in [-0.1, -0.05) is 31.1 Å². The second kappa shape index (κ2) is 12.1. The van der Waals surface area contributed by atoms with Crippen LogP contribution < -0.4 is 0 Å². The second-order valence-electron chi connectivity index (χ2n) is 6.48. The van der Waals surface area contributed by atoms with Crippen molar-refractivity contribution in [3.05, 3.63) is 70.8 Å². The molecule has 0 atom stereocenters. The Morgan fingerprint density at radius 1 is 0.621 bits per heavy atom. The molecule has 4 heteroatoms. The summed E-state index contributed by atoms with van der Waals surface area (Å²) in [7, 11) is 0. The molecule has 4 nitrogen and oxygen atoms in total. The maximum Gasteiger partial charge on any atom is 0.338 e. The quantitative estimate of drug-likeness (QED) is 0.339. The molecule has 0 aromatic heterocycles. The lowest BCUT2D eigenvalue weighted by Gasteiger charge is -2.06. The molecule has 0 heterocycles. The van der Waals surface area contributed by atoms with E-state index in [-0.39, 0.29) is 11.9 Å². The van der Waals surface area contributed by atoms with Gasteiger partial charge in [-0.25, -0.2) is 9.59 Å². The highest BCUT2D eigenvalue weighted by Crippen LogP contribution is 2.09. The van der Waals surface area contributed by atoms with Crippen LogP contribution in [0.4, 0.5) is 0 Å². The SMILES string of the molecule is C#Cc1ccc(C(=O)OCCCCCCCOC(=O)c2ccc(C#C)cc2)cc1. The van der Waals surface area contributed by atoms with Crippen molar-refractivity contribution in [2.75, 3.05) is 13.2 Å². The standard InChI is InChI=1S/C25H24O4/c1-3-20-10-14-22(15-11-20)24(26)28-18-8-6-5-7-9-19-29-25(27)23-16-12-21(4-2)13-17-23/h1-2,10-17H,5-9,18-19H2. The van der Waals surface area contributed by atoms with Gasteiger partial charge in [-0.3, -0.25) is 0 Å². The van der Waals surface area contributed by atoms with Gasteiger partial charge in [-0.05, 0) is 61.4 Å². The van der Waals surface area contributed by atoms with Crippen LogP contribution in [0.5, 0.6) is 0 Å². The van der Waals surface area contributed by atoms with Crippen LogP contribution in [-0.2, 0) is 9.47 Å². The van der Waals surface area contributed by atoms with Crippen LogP contribution in [0.3, 0.4) is 0 Å². The van der Waals surface area contributed by atoms with Gasteiger partial charge in [0.25, 0.3) is 0 Å². The van der Waals surface area contributed by atoms with Gasteiger partial charge in [0.1, 0.15) is 0 Å². The minimum Gasteiger partial charge on any atom is -0.462 e. The third kappa shape index (κ3) is 7.56. The normalized spacial score (nSPS) is 9.86. The lowest BCUT2D eigenvalue weighted by atomic mass is 10.1. The summed E-state index contributed by atoms with van der Waals surface area (Å²) in [6.07, 6.45) is 15.1. The van der Waals surface area contributed by atoms with Crippen molar-refractivity contribution in [1.82, 2.24) is 0 Å². The average Bonchev–Trinajstić information content (AvgIpc) is 2.77. The summed E-state index contributed by atoms with van der Waals surface area (Å²) in [5, 5.41) is 0. The van der Waals surface area contributed by atoms with Crippen molar-refractivity contribution in [2.24, 2.45) is 0 Å². The minimum atomic E-state index is -0.337. The number of ether oxygens (including phenoxy) is 2. The van der Waals surface area contributed by atoms with Gasteiger partial charge >= 0.3 is 11.9 Å². The summed E-state index contributed by atoms with van der Waals surface area (Å²) in [4.78, 5) is 23.8. The molecule has 2 rings (SSSR count). The highest BCUT2D eigenvalue weighted by Gasteiger charge is 2.07. The lowest BCUT2D eigenvalue weighted by Crippen LogP contribution is -2.07. The third-order valence-electron chi connectivity index (χ3n) is 4.33. The Hall–Kier alpha value is -3.50. The van der Waals surface area contributed by atoms with Crippen molar-refractivity contribution in [3.8, 4) is 24.7 Å². The zero-order valence-electron chi connectivity index (χ0n) is 16.4. The number of benzene rings is 2. The third-order valence-corrected chi connectivity index (χ3v) is 4.33. The fourth-order valence-electron chi connectivity index (χ4n) is 2.64. The predicted octanol–water partition coefficient (Wildman–Crippen LogP) is 4.61. The Morgan fingerprint density at radius 3 is 1.31 bits per heavy atom. The highest BCUT2D eigenvalue weighted by atomic mass is 16.5. The maximum atomic E-state index is 11.9. The molecule has 0 radical (unpaired) electrons. The van der Waals surface area contributed by atoms with Crippen LogP contribution in [0, 0.1) is 24.7 Å². The first-order chi connectivity index (χ1) is 14.1. The molecule has 0 aliphatic rings. The van der Waals surface area contributed by atoms with Gasteiger partial charge in [0.05, 0.1) is 24.3 Å². The van der Waals surface area contributed by atoms with Gasteiger partial charge in [0.15, 0.2) is 0 Å². The fourth-order valence-corrected chi connectivity index (χ4v) is 2.64. The Bertz CT molecular complexity index is 805. The van der Waals surface area contributed by atoms with E-state index >= 15 is 0 Å². The molecule has 148 valence electrons. The zero-order chi connectivity index (χ0) is 20.9. The van der Waals surface area contributed by atoms with Crippen molar-refractivity contribution in [1.29, 1.82) is 0 Å². The number of unbranched alkanes of at least 4 members (excludes halogenated alkanes) is 4. The largest absolute Gasteiger partial charge is 0.462 e. The molecule has 0 bridgehead atoms. The van der Waals surface area contributed by atoms with Crippen LogP contribution in [-0.4, -0.2) is 25.2 Å². The van der Waals surface area contributed by atoms with Crippen LogP contribution >= 0.6 is 0 Å². The van der Waals surface area contributed by atoms with Crippen molar-refractivity contribution in [2.45, 2.75) is 32.1 Å². The van der Waals surface area contributed by atoms with E-state index in [4.69, 9.17) is 22.3 Å². The summed E-state index contributed by atoms with van der Waals surface area (Å²) in [6, 6.07) is 13.5. The first-order valence-corrected chi connectivity index (χ1v) is 9.61. The minimum absolute atomic E-state index is 0.337. The Morgan fingerprint density at radius 2 is 0.966 bits per heavy atom. The first-order valence-electron chi connectivity index (χ1n) is 9.61. The van der Waals surface area contributed by atoms with Crippen molar-refractivity contribution < 1.29 is 19.1 Å². The number of esters is 2. The summed E-state index contributed by atoms with van der Waals surface area (Å²) in [5.41, 5.74) is 2.46. The van der Waals surface area contributed by atoms with E-state index < -0.39 is 0 Å². The number of terminal acetylenes is 2. The molecular formula is C25H24O4. The molecular weight excluding hydrogens is 364 g/mol. The summed E-state index contributed by atoms with van der Waals surface area (Å²) >= 11 is 0. The molecule has 0 spiro atoms. The molecule has 0 N–H and O–H groups in total. The molecule has 2 aromatic rings. The number of hydrogen-bond acceptors (Lipinski definition) is 4. The van der Waals surface area contributed by atoms with Gasteiger partial charge in [-0.15, -0.1) is 12.8 Å². The van der Waals surface area contributed by atoms with Gasteiger partial charge in [0, 0.05) is 11.1 Å². The Balaban J connectivity index is 1.50. The summed E-state index contributed by atoms with van der Waals surface area (Å²) in [6.45, 7) is 0.775. The summed E-state index contributed by atoms with van der Waals surface area (Å²) in [5.74, 6) is 4.34. The second-order valence-corrected chi connectivity index (χ2v) is 6.48. The van der Waals surface area contributed by atoms with E-state index in [0.717, 1.165) is 43.2 Å². The molecule has 0 saturated carbocycles. The highest BCUT2D eigenvalue weighted by molar-refractivity contribution is 5.90. The molecule has 0 unspecified atom stereocenters. The van der Waals surface area contributed by atoms with Crippen molar-refractivity contribution in [3.63, 3.8) is 0 Å². The average molecular weight is 388 g/mol. The Kier molecular flexibility index (Phi) is 9.06. The number of carbonyl (C=O) groups excluding carboxylic acids is 2. The van der Waals surface area contributed by atoms with Gasteiger partial charge < -0.3 is 9.47 Å². The molecule has 0 aliphatic heterocycles.